The van der Waals surface area contributed by atoms with Gasteiger partial charge in [0.25, 0.3) is 50.6 Å². The molecule has 0 heterocycles. The average molecular weight is 920 g/mol. The van der Waals surface area contributed by atoms with Crippen molar-refractivity contribution < 1.29 is 88.9 Å². The lowest BCUT2D eigenvalue weighted by Gasteiger charge is -2.28. The van der Waals surface area contributed by atoms with Gasteiger partial charge in [-0.25, -0.2) is 9.59 Å². The summed E-state index contributed by atoms with van der Waals surface area (Å²) < 4.78 is 171. The Labute approximate surface area is 336 Å². The molecule has 2 aromatic rings. The third kappa shape index (κ3) is 15.9. The van der Waals surface area contributed by atoms with Gasteiger partial charge in [0.2, 0.25) is 5.69 Å². The number of carboxylic acid groups (broad SMARTS) is 1. The fraction of sp³-hybridized carbons (Fsp3) is 0.406. The van der Waals surface area contributed by atoms with E-state index in [1.807, 2.05) is 0 Å². The van der Waals surface area contributed by atoms with Crippen molar-refractivity contribution in [2.24, 2.45) is 0 Å². The van der Waals surface area contributed by atoms with E-state index in [-0.39, 0.29) is 66.3 Å². The van der Waals surface area contributed by atoms with Crippen molar-refractivity contribution in [1.82, 2.24) is 0 Å². The minimum Gasteiger partial charge on any atom is -0.478 e. The topological polar surface area (TPSA) is 342 Å². The van der Waals surface area contributed by atoms with Crippen LogP contribution in [0.1, 0.15) is 65.0 Å². The number of carboxylic acids is 1. The number of carbonyl (C=O) groups is 2. The van der Waals surface area contributed by atoms with Crippen molar-refractivity contribution in [3.8, 4) is 0 Å². The van der Waals surface area contributed by atoms with Crippen LogP contribution >= 0.6 is 0 Å². The lowest BCUT2D eigenvalue weighted by atomic mass is 10.0. The molecule has 324 valence electrons. The molecule has 0 spiro atoms. The molecule has 0 aliphatic carbocycles. The summed E-state index contributed by atoms with van der Waals surface area (Å²) in [5.41, 5.74) is -0.609. The number of esters is 1. The molecule has 0 saturated carbocycles. The predicted molar refractivity (Wildman–Crippen MR) is 208 cm³/mol. The first-order valence-electron chi connectivity index (χ1n) is 16.6. The Morgan fingerprint density at radius 1 is 0.707 bits per heavy atom. The van der Waals surface area contributed by atoms with Crippen LogP contribution in [-0.4, -0.2) is 129 Å². The van der Waals surface area contributed by atoms with Crippen LogP contribution in [0, 0.1) is 13.8 Å². The van der Waals surface area contributed by atoms with Crippen LogP contribution in [0.15, 0.2) is 58.0 Å². The van der Waals surface area contributed by atoms with Crippen LogP contribution in [0.4, 0.5) is 11.4 Å². The summed E-state index contributed by atoms with van der Waals surface area (Å²) in [5.74, 6) is -4.97. The van der Waals surface area contributed by atoms with Crippen LogP contribution in [0.2, 0.25) is 0 Å². The van der Waals surface area contributed by atoms with E-state index in [1.54, 1.807) is 0 Å². The maximum absolute atomic E-state index is 13.1. The molecule has 0 aliphatic heterocycles. The molecule has 26 heteroatoms. The van der Waals surface area contributed by atoms with E-state index in [9.17, 15) is 75.0 Å². The fourth-order valence-corrected chi connectivity index (χ4v) is 7.94. The summed E-state index contributed by atoms with van der Waals surface area (Å²) in [5, 5.41) is 9.75. The van der Waals surface area contributed by atoms with Crippen molar-refractivity contribution >= 4 is 79.6 Å². The number of rotatable bonds is 21. The number of benzene rings is 2. The molecule has 6 N–H and O–H groups in total. The summed E-state index contributed by atoms with van der Waals surface area (Å²) in [6, 6.07) is 3.45. The van der Waals surface area contributed by atoms with Crippen LogP contribution < -0.4 is 4.90 Å². The number of aromatic carboxylic acids is 1. The number of hydrogen-bond donors (Lipinski definition) is 6. The first kappa shape index (κ1) is 50.0. The lowest BCUT2D eigenvalue weighted by molar-refractivity contribution is -0.440. The van der Waals surface area contributed by atoms with E-state index in [0.29, 0.717) is 0 Å². The highest BCUT2D eigenvalue weighted by Gasteiger charge is 2.28. The summed E-state index contributed by atoms with van der Waals surface area (Å²) in [4.78, 5) is 24.8. The number of allylic oxidation sites excluding steroid dienone is 4. The molecule has 0 unspecified atom stereocenters. The van der Waals surface area contributed by atoms with Gasteiger partial charge in [0.15, 0.2) is 5.71 Å². The van der Waals surface area contributed by atoms with Crippen molar-refractivity contribution in [3.63, 3.8) is 0 Å². The standard InChI is InChI=1S/C32H42N2O19S5/c1-21(33(11-6-14-54(38,39)40)29-19-25(57(47,48)49)17-27(23(29)3)31(35)36)9-5-10-22(2)34(12-7-15-55(41,42)43)30-20-26(58(50,51)52)18-28(24(30)4)32(37)53-13-8-16-56(44,45)46/h5,9-10,17-20H,6-8,11-16H2,1-4H3,(H5-,35,36,38,39,40,41,42,43,44,45,46,47,48,49,50,51,52)/p+1. The maximum Gasteiger partial charge on any atom is 0.338 e. The molecule has 2 aromatic carbocycles. The van der Waals surface area contributed by atoms with Gasteiger partial charge < -0.3 is 14.7 Å². The Kier molecular flexibility index (Phi) is 17.0. The second-order valence-corrected chi connectivity index (χ2v) is 20.2. The van der Waals surface area contributed by atoms with Crippen LogP contribution in [-0.2, 0) is 55.3 Å². The third-order valence-electron chi connectivity index (χ3n) is 8.21. The zero-order chi connectivity index (χ0) is 44.6. The number of hydrogen-bond acceptors (Lipinski definition) is 14. The van der Waals surface area contributed by atoms with Gasteiger partial charge >= 0.3 is 11.9 Å². The van der Waals surface area contributed by atoms with Crippen molar-refractivity contribution in [1.29, 1.82) is 0 Å². The van der Waals surface area contributed by atoms with E-state index in [1.165, 1.54) is 55.4 Å². The molecule has 0 aromatic heterocycles. The predicted octanol–water partition coefficient (Wildman–Crippen LogP) is 2.56. The van der Waals surface area contributed by atoms with E-state index in [4.69, 9.17) is 9.29 Å². The summed E-state index contributed by atoms with van der Waals surface area (Å²) >= 11 is 0. The zero-order valence-electron chi connectivity index (χ0n) is 31.3. The minimum absolute atomic E-state index is 0.0122. The van der Waals surface area contributed by atoms with Crippen LogP contribution in [0.25, 0.3) is 0 Å². The van der Waals surface area contributed by atoms with E-state index in [0.717, 1.165) is 24.3 Å². The van der Waals surface area contributed by atoms with Gasteiger partial charge in [0.05, 0.1) is 39.9 Å². The average Bonchev–Trinajstić information content (AvgIpc) is 3.05. The van der Waals surface area contributed by atoms with Crippen molar-refractivity contribution in [2.75, 3.05) is 41.9 Å². The number of anilines is 1. The van der Waals surface area contributed by atoms with E-state index in [2.05, 4.69) is 0 Å². The molecule has 2 rings (SSSR count). The third-order valence-corrected chi connectivity index (χ3v) is 12.3. The first-order valence-corrected chi connectivity index (χ1v) is 24.3. The number of ether oxygens (including phenoxy) is 1. The molecule has 0 fully saturated rings. The number of carbonyl (C=O) groups excluding carboxylic acids is 1. The molecule has 0 saturated heterocycles. The van der Waals surface area contributed by atoms with Gasteiger partial charge in [-0.3, -0.25) is 22.8 Å². The highest BCUT2D eigenvalue weighted by molar-refractivity contribution is 7.86. The van der Waals surface area contributed by atoms with Gasteiger partial charge in [-0.2, -0.15) is 46.7 Å². The molecule has 0 atom stereocenters. The van der Waals surface area contributed by atoms with Crippen LogP contribution in [0.5, 0.6) is 0 Å². The fourth-order valence-electron chi connectivity index (χ4n) is 5.41. The molecule has 58 heavy (non-hydrogen) atoms. The smallest absolute Gasteiger partial charge is 0.338 e. The van der Waals surface area contributed by atoms with Gasteiger partial charge in [0, 0.05) is 49.0 Å². The van der Waals surface area contributed by atoms with E-state index >= 15 is 0 Å². The quantitative estimate of drug-likeness (QED) is 0.0262. The summed E-state index contributed by atoms with van der Waals surface area (Å²) in [6.45, 7) is 4.58. The van der Waals surface area contributed by atoms with Crippen LogP contribution in [0.3, 0.4) is 0 Å². The zero-order valence-corrected chi connectivity index (χ0v) is 35.4. The second kappa shape index (κ2) is 19.8. The van der Waals surface area contributed by atoms with Gasteiger partial charge in [-0.1, -0.05) is 6.08 Å². The monoisotopic (exact) mass is 919 g/mol. The summed E-state index contributed by atoms with van der Waals surface area (Å²) in [6.07, 6.45) is 3.30. The van der Waals surface area contributed by atoms with E-state index < -0.39 is 107 Å². The van der Waals surface area contributed by atoms with Gasteiger partial charge in [-0.05, 0) is 63.5 Å². The second-order valence-electron chi connectivity index (χ2n) is 12.7. The highest BCUT2D eigenvalue weighted by Crippen LogP contribution is 2.31. The Bertz CT molecular complexity index is 2580. The molecular formula is C32H43N2O19S5+. The van der Waals surface area contributed by atoms with Gasteiger partial charge in [-0.15, -0.1) is 0 Å². The molecule has 21 nitrogen and oxygen atoms in total. The Morgan fingerprint density at radius 3 is 1.72 bits per heavy atom. The number of nitrogens with zero attached hydrogens (tertiary/aromatic N) is 2. The van der Waals surface area contributed by atoms with Crippen molar-refractivity contribution in [3.05, 3.63) is 70.4 Å². The minimum atomic E-state index is -5.02. The summed E-state index contributed by atoms with van der Waals surface area (Å²) in [7, 11) is -23.3. The normalized spacial score (nSPS) is 13.7. The molecule has 0 aliphatic rings. The first-order chi connectivity index (χ1) is 26.3. The Morgan fingerprint density at radius 2 is 1.21 bits per heavy atom. The SMILES string of the molecule is C\C(=C/C=C/C(C)=[N+](\CCCS(=O)(=O)O)c1cc(S(=O)(=O)O)cc(C(=O)OCCCS(=O)(=O)O)c1C)N(CCCS(=O)(=O)O)c1cc(S(=O)(=O)O)cc(C(=O)O)c1C. The maximum atomic E-state index is 13.1. The molecule has 0 radical (unpaired) electrons. The highest BCUT2D eigenvalue weighted by atomic mass is 32.2. The largest absolute Gasteiger partial charge is 0.478 e. The van der Waals surface area contributed by atoms with Gasteiger partial charge in [0.1, 0.15) is 11.4 Å². The molecular weight excluding hydrogens is 877 g/mol. The Hall–Kier alpha value is -4.12. The Balaban J connectivity index is 2.83. The molecule has 0 amide bonds. The molecule has 0 bridgehead atoms. The lowest BCUT2D eigenvalue weighted by Crippen LogP contribution is -2.26. The van der Waals surface area contributed by atoms with Crippen molar-refractivity contribution in [2.45, 2.75) is 56.7 Å².